The topological polar surface area (TPSA) is 28.0 Å². The van der Waals surface area contributed by atoms with Gasteiger partial charge in [0.05, 0.1) is 11.6 Å². The van der Waals surface area contributed by atoms with Crippen LogP contribution in [-0.2, 0) is 5.75 Å². The maximum Gasteiger partial charge on any atom is 0.149 e. The van der Waals surface area contributed by atoms with Crippen molar-refractivity contribution in [2.45, 2.75) is 31.9 Å². The predicted octanol–water partition coefficient (Wildman–Crippen LogP) is 7.17. The van der Waals surface area contributed by atoms with Crippen molar-refractivity contribution in [2.75, 3.05) is 10.8 Å². The number of halogens is 4. The number of rotatable bonds is 9. The summed E-state index contributed by atoms with van der Waals surface area (Å²) in [6.45, 7) is 5.46. The van der Waals surface area contributed by atoms with E-state index in [1.807, 2.05) is 0 Å². The van der Waals surface area contributed by atoms with Gasteiger partial charge in [-0.3, -0.25) is 0 Å². The van der Waals surface area contributed by atoms with E-state index in [-0.39, 0.29) is 5.69 Å². The normalized spacial score (nSPS) is 11.5. The fourth-order valence-electron chi connectivity index (χ4n) is 2.55. The largest absolute Gasteiger partial charge is 0.316 e. The highest BCUT2D eigenvalue weighted by atomic mass is 35.5. The van der Waals surface area contributed by atoms with Crippen LogP contribution < -0.4 is 4.90 Å². The number of benzene rings is 2. The lowest BCUT2D eigenvalue weighted by Gasteiger charge is -2.26. The van der Waals surface area contributed by atoms with Crippen molar-refractivity contribution in [2.24, 2.45) is 10.2 Å². The zero-order valence-corrected chi connectivity index (χ0v) is 17.8. The molecule has 3 nitrogen and oxygen atoms in total. The van der Waals surface area contributed by atoms with Crippen LogP contribution in [0.3, 0.4) is 0 Å². The Labute approximate surface area is 178 Å². The quantitative estimate of drug-likeness (QED) is 0.177. The zero-order valence-electron chi connectivity index (χ0n) is 15.5. The molecule has 0 radical (unpaired) electrons. The Morgan fingerprint density at radius 2 is 1.89 bits per heavy atom. The van der Waals surface area contributed by atoms with E-state index in [0.29, 0.717) is 33.9 Å². The molecule has 0 spiro atoms. The van der Waals surface area contributed by atoms with Crippen LogP contribution in [0.5, 0.6) is 0 Å². The van der Waals surface area contributed by atoms with Crippen molar-refractivity contribution in [3.63, 3.8) is 0 Å². The number of nitrogens with zero attached hydrogens (tertiary/aromatic N) is 3. The van der Waals surface area contributed by atoms with Gasteiger partial charge in [0.25, 0.3) is 0 Å². The molecule has 0 aliphatic heterocycles. The SMILES string of the molecule is C=N/N=C(/CCCC)N(CSCc1c(Cl)cccc1Cl)c1ccc(F)cc1F. The van der Waals surface area contributed by atoms with Crippen LogP contribution in [-0.4, -0.2) is 18.4 Å². The highest BCUT2D eigenvalue weighted by Gasteiger charge is 2.19. The molecule has 2 rings (SSSR count). The van der Waals surface area contributed by atoms with Gasteiger partial charge in [0, 0.05) is 35.0 Å². The molecule has 0 aliphatic carbocycles. The molecular formula is C20H21Cl2F2N3S. The number of hydrogen-bond acceptors (Lipinski definition) is 3. The van der Waals surface area contributed by atoms with Gasteiger partial charge in [-0.15, -0.1) is 16.9 Å². The average Bonchev–Trinajstić information content (AvgIpc) is 2.65. The van der Waals surface area contributed by atoms with Crippen LogP contribution in [0.4, 0.5) is 14.5 Å². The summed E-state index contributed by atoms with van der Waals surface area (Å²) in [7, 11) is 0. The molecule has 2 aromatic rings. The van der Waals surface area contributed by atoms with Crippen molar-refractivity contribution in [3.8, 4) is 0 Å². The molecule has 0 aromatic heterocycles. The Morgan fingerprint density at radius 3 is 2.50 bits per heavy atom. The van der Waals surface area contributed by atoms with Crippen molar-refractivity contribution >= 4 is 53.2 Å². The Hall–Kier alpha value is -1.63. The second-order valence-corrected chi connectivity index (χ2v) is 7.73. The minimum atomic E-state index is -0.662. The second-order valence-electron chi connectivity index (χ2n) is 5.96. The van der Waals surface area contributed by atoms with Gasteiger partial charge in [0.2, 0.25) is 0 Å². The maximum atomic E-state index is 14.5. The van der Waals surface area contributed by atoms with E-state index in [1.165, 1.54) is 23.9 Å². The van der Waals surface area contributed by atoms with E-state index in [4.69, 9.17) is 23.2 Å². The molecule has 0 atom stereocenters. The van der Waals surface area contributed by atoms with E-state index in [1.54, 1.807) is 23.1 Å². The molecule has 0 unspecified atom stereocenters. The van der Waals surface area contributed by atoms with Gasteiger partial charge in [-0.05, 0) is 36.2 Å². The minimum Gasteiger partial charge on any atom is -0.316 e. The predicted molar refractivity (Wildman–Crippen MR) is 118 cm³/mol. The monoisotopic (exact) mass is 443 g/mol. The first-order valence-corrected chi connectivity index (χ1v) is 10.6. The number of anilines is 1. The summed E-state index contributed by atoms with van der Waals surface area (Å²) < 4.78 is 27.8. The van der Waals surface area contributed by atoms with Crippen molar-refractivity contribution in [1.82, 2.24) is 0 Å². The fraction of sp³-hybridized carbons (Fsp3) is 0.300. The molecule has 28 heavy (non-hydrogen) atoms. The summed E-state index contributed by atoms with van der Waals surface area (Å²) in [6, 6.07) is 8.81. The number of amidine groups is 1. The third kappa shape index (κ3) is 6.19. The van der Waals surface area contributed by atoms with Crippen LogP contribution >= 0.6 is 35.0 Å². The first kappa shape index (κ1) is 22.7. The first-order chi connectivity index (χ1) is 13.5. The van der Waals surface area contributed by atoms with Gasteiger partial charge in [0.1, 0.15) is 17.5 Å². The number of unbranched alkanes of at least 4 members (excludes halogenated alkanes) is 1. The summed E-state index contributed by atoms with van der Waals surface area (Å²) in [5.41, 5.74) is 1.04. The molecule has 0 saturated carbocycles. The third-order valence-corrected chi connectivity index (χ3v) is 5.62. The van der Waals surface area contributed by atoms with Crippen LogP contribution in [0.15, 0.2) is 46.6 Å². The zero-order chi connectivity index (χ0) is 20.5. The molecule has 0 bridgehead atoms. The van der Waals surface area contributed by atoms with Gasteiger partial charge in [-0.25, -0.2) is 8.78 Å². The van der Waals surface area contributed by atoms with Crippen molar-refractivity contribution in [1.29, 1.82) is 0 Å². The summed E-state index contributed by atoms with van der Waals surface area (Å²) in [5.74, 6) is 0.165. The Kier molecular flexibility index (Phi) is 9.22. The van der Waals surface area contributed by atoms with E-state index in [0.717, 1.165) is 24.5 Å². The minimum absolute atomic E-state index is 0.234. The molecular weight excluding hydrogens is 423 g/mol. The smallest absolute Gasteiger partial charge is 0.149 e. The maximum absolute atomic E-state index is 14.5. The number of hydrogen-bond donors (Lipinski definition) is 0. The molecule has 0 amide bonds. The molecule has 0 saturated heterocycles. The van der Waals surface area contributed by atoms with E-state index < -0.39 is 11.6 Å². The summed E-state index contributed by atoms with van der Waals surface area (Å²) >= 11 is 13.9. The molecule has 150 valence electrons. The lowest BCUT2D eigenvalue weighted by atomic mass is 10.2. The van der Waals surface area contributed by atoms with Crippen LogP contribution in [0, 0.1) is 11.6 Å². The van der Waals surface area contributed by atoms with Gasteiger partial charge in [0.15, 0.2) is 0 Å². The Balaban J connectivity index is 2.27. The number of thioether (sulfide) groups is 1. The van der Waals surface area contributed by atoms with E-state index in [2.05, 4.69) is 23.8 Å². The molecule has 0 N–H and O–H groups in total. The average molecular weight is 444 g/mol. The summed E-state index contributed by atoms with van der Waals surface area (Å²) in [6.07, 6.45) is 2.40. The summed E-state index contributed by atoms with van der Waals surface area (Å²) in [5, 5.41) is 8.87. The lowest BCUT2D eigenvalue weighted by molar-refractivity contribution is 0.583. The van der Waals surface area contributed by atoms with Gasteiger partial charge in [-0.1, -0.05) is 42.6 Å². The summed E-state index contributed by atoms with van der Waals surface area (Å²) in [4.78, 5) is 1.69. The molecule has 0 heterocycles. The molecule has 0 fully saturated rings. The third-order valence-electron chi connectivity index (χ3n) is 3.98. The van der Waals surface area contributed by atoms with Crippen molar-refractivity contribution in [3.05, 3.63) is 63.6 Å². The molecule has 0 aliphatic rings. The fourth-order valence-corrected chi connectivity index (χ4v) is 4.31. The Morgan fingerprint density at radius 1 is 1.18 bits per heavy atom. The highest BCUT2D eigenvalue weighted by molar-refractivity contribution is 7.98. The highest BCUT2D eigenvalue weighted by Crippen LogP contribution is 2.30. The van der Waals surface area contributed by atoms with Gasteiger partial charge < -0.3 is 4.90 Å². The van der Waals surface area contributed by atoms with Crippen molar-refractivity contribution < 1.29 is 8.78 Å². The second kappa shape index (κ2) is 11.4. The standard InChI is InChI=1S/C20H21Cl2F2N3S/c1-3-4-8-20(26-25-2)27(19-10-9-14(23)11-18(19)24)13-28-12-15-16(21)6-5-7-17(15)22/h5-7,9-11H,2-4,8,12-13H2,1H3/b26-20-. The first-order valence-electron chi connectivity index (χ1n) is 8.73. The lowest BCUT2D eigenvalue weighted by Crippen LogP contribution is -2.31. The van der Waals surface area contributed by atoms with Crippen LogP contribution in [0.25, 0.3) is 0 Å². The van der Waals surface area contributed by atoms with Crippen LogP contribution in [0.2, 0.25) is 10.0 Å². The molecule has 8 heteroatoms. The Bertz CT molecular complexity index is 826. The molecule has 2 aromatic carbocycles. The van der Waals surface area contributed by atoms with Gasteiger partial charge in [-0.2, -0.15) is 5.10 Å². The van der Waals surface area contributed by atoms with Crippen LogP contribution in [0.1, 0.15) is 31.7 Å². The van der Waals surface area contributed by atoms with E-state index in [9.17, 15) is 8.78 Å². The van der Waals surface area contributed by atoms with Gasteiger partial charge >= 0.3 is 0 Å². The van der Waals surface area contributed by atoms with E-state index >= 15 is 0 Å².